The molecule has 0 N–H and O–H groups in total. The molecule has 172 valence electrons. The van der Waals surface area contributed by atoms with Crippen LogP contribution in [0.4, 0.5) is 8.78 Å². The molecule has 1 fully saturated rings. The number of hydrogen-bond acceptors (Lipinski definition) is 5. The van der Waals surface area contributed by atoms with Gasteiger partial charge in [0, 0.05) is 53.8 Å². The summed E-state index contributed by atoms with van der Waals surface area (Å²) in [6.07, 6.45) is 10.4. The van der Waals surface area contributed by atoms with Crippen molar-refractivity contribution < 1.29 is 18.3 Å². The smallest absolute Gasteiger partial charge is 0.387 e. The Morgan fingerprint density at radius 2 is 1.97 bits per heavy atom. The molecule has 4 heterocycles. The molecular formula is C24H20F2N6O2. The van der Waals surface area contributed by atoms with Gasteiger partial charge in [-0.05, 0) is 31.4 Å². The van der Waals surface area contributed by atoms with Gasteiger partial charge in [-0.2, -0.15) is 13.9 Å². The number of rotatable bonds is 4. The molecule has 8 nitrogen and oxygen atoms in total. The number of carbonyl (C=O) groups excluding carboxylic acids is 1. The molecular weight excluding hydrogens is 442 g/mol. The van der Waals surface area contributed by atoms with Crippen LogP contribution in [0.15, 0.2) is 43.0 Å². The number of hydrogen-bond donors (Lipinski definition) is 0. The van der Waals surface area contributed by atoms with Crippen molar-refractivity contribution in [3.05, 3.63) is 65.5 Å². The summed E-state index contributed by atoms with van der Waals surface area (Å²) in [5.74, 6) is -0.0294. The first-order valence-electron chi connectivity index (χ1n) is 11.3. The van der Waals surface area contributed by atoms with Crippen molar-refractivity contribution >= 4 is 11.7 Å². The highest BCUT2D eigenvalue weighted by Crippen LogP contribution is 2.52. The maximum atomic E-state index is 13.2. The summed E-state index contributed by atoms with van der Waals surface area (Å²) < 4.78 is 35.3. The van der Waals surface area contributed by atoms with Crippen LogP contribution in [0.2, 0.25) is 0 Å². The molecule has 10 heteroatoms. The summed E-state index contributed by atoms with van der Waals surface area (Å²) in [6.45, 7) is -2.99. The number of benzene rings is 1. The monoisotopic (exact) mass is 462 g/mol. The van der Waals surface area contributed by atoms with Crippen molar-refractivity contribution in [2.45, 2.75) is 43.9 Å². The minimum Gasteiger partial charge on any atom is -0.434 e. The summed E-state index contributed by atoms with van der Waals surface area (Å²) in [4.78, 5) is 24.2. The van der Waals surface area contributed by atoms with E-state index in [1.54, 1.807) is 30.3 Å². The van der Waals surface area contributed by atoms with Crippen LogP contribution in [0, 0.1) is 0 Å². The molecule has 2 unspecified atom stereocenters. The van der Waals surface area contributed by atoms with E-state index in [-0.39, 0.29) is 23.6 Å². The Morgan fingerprint density at radius 1 is 1.15 bits per heavy atom. The van der Waals surface area contributed by atoms with Crippen molar-refractivity contribution in [3.8, 4) is 16.9 Å². The number of carbonyl (C=O) groups is 1. The maximum Gasteiger partial charge on any atom is 0.387 e. The second-order valence-corrected chi connectivity index (χ2v) is 9.15. The molecule has 1 amide bonds. The highest BCUT2D eigenvalue weighted by molar-refractivity contribution is 5.98. The minimum atomic E-state index is -2.99. The van der Waals surface area contributed by atoms with E-state index in [4.69, 9.17) is 9.72 Å². The van der Waals surface area contributed by atoms with Crippen LogP contribution < -0.4 is 4.74 Å². The van der Waals surface area contributed by atoms with Gasteiger partial charge in [-0.25, -0.2) is 9.97 Å². The summed E-state index contributed by atoms with van der Waals surface area (Å²) in [7, 11) is 1.73. The molecule has 0 radical (unpaired) electrons. The molecule has 0 spiro atoms. The van der Waals surface area contributed by atoms with Crippen molar-refractivity contribution in [1.29, 1.82) is 0 Å². The average molecular weight is 462 g/mol. The fourth-order valence-corrected chi connectivity index (χ4v) is 5.40. The van der Waals surface area contributed by atoms with Gasteiger partial charge in [0.05, 0.1) is 29.7 Å². The molecule has 4 aromatic rings. The van der Waals surface area contributed by atoms with Crippen LogP contribution in [0.3, 0.4) is 0 Å². The van der Waals surface area contributed by atoms with Gasteiger partial charge in [-0.3, -0.25) is 13.9 Å². The first-order valence-corrected chi connectivity index (χ1v) is 11.3. The fraction of sp³-hybridized carbons (Fsp3) is 0.333. The first-order chi connectivity index (χ1) is 16.5. The van der Waals surface area contributed by atoms with Gasteiger partial charge < -0.3 is 9.64 Å². The Kier molecular flexibility index (Phi) is 3.95. The van der Waals surface area contributed by atoms with Gasteiger partial charge in [0.15, 0.2) is 0 Å². The lowest BCUT2D eigenvalue weighted by Gasteiger charge is -2.23. The third-order valence-electron chi connectivity index (χ3n) is 7.15. The minimum absolute atomic E-state index is 0.0255. The predicted octanol–water partition coefficient (Wildman–Crippen LogP) is 4.19. The Labute approximate surface area is 192 Å². The standard InChI is InChI=1S/C24H20F2N6O2/c1-30-17-7-16(19-15(22(30)33)3-2-4-18(19)34-23(25)26)21-20(17)29-24-27-8-12(10-31(21)24)13-9-28-32(11-13)14-5-6-14/h2-4,8-11,14,16-17,23H,5-7H2,1H3. The third-order valence-corrected chi connectivity index (χ3v) is 7.15. The molecule has 2 atom stereocenters. The quantitative estimate of drug-likeness (QED) is 0.455. The molecule has 0 saturated heterocycles. The van der Waals surface area contributed by atoms with Crippen LogP contribution in [-0.2, 0) is 0 Å². The molecule has 7 rings (SSSR count). The molecule has 2 bridgehead atoms. The van der Waals surface area contributed by atoms with Crippen LogP contribution >= 0.6 is 0 Å². The van der Waals surface area contributed by atoms with Crippen molar-refractivity contribution in [1.82, 2.24) is 29.0 Å². The van der Waals surface area contributed by atoms with Gasteiger partial charge in [-0.1, -0.05) is 6.07 Å². The molecule has 2 aliphatic carbocycles. The Balaban J connectivity index is 1.42. The van der Waals surface area contributed by atoms with E-state index in [0.29, 0.717) is 29.4 Å². The van der Waals surface area contributed by atoms with Crippen molar-refractivity contribution in [2.24, 2.45) is 0 Å². The molecule has 34 heavy (non-hydrogen) atoms. The number of ether oxygens (including phenoxy) is 1. The van der Waals surface area contributed by atoms with Crippen LogP contribution in [0.5, 0.6) is 5.75 Å². The molecule has 3 aliphatic rings. The lowest BCUT2D eigenvalue weighted by atomic mass is 9.91. The van der Waals surface area contributed by atoms with Gasteiger partial charge >= 0.3 is 6.61 Å². The van der Waals surface area contributed by atoms with E-state index in [1.165, 1.54) is 6.07 Å². The number of alkyl halides is 2. The summed E-state index contributed by atoms with van der Waals surface area (Å²) >= 11 is 0. The first kappa shape index (κ1) is 19.6. The van der Waals surface area contributed by atoms with Gasteiger partial charge in [0.1, 0.15) is 5.75 Å². The normalized spacial score (nSPS) is 21.2. The SMILES string of the molecule is CN1C(=O)c2cccc(OC(F)F)c2C2CC1c1nc3ncc(-c4cnn(C5CC5)c4)cn3c12. The lowest BCUT2D eigenvalue weighted by Crippen LogP contribution is -2.30. The summed E-state index contributed by atoms with van der Waals surface area (Å²) in [5.41, 5.74) is 4.31. The zero-order valence-electron chi connectivity index (χ0n) is 18.2. The number of halogens is 2. The maximum absolute atomic E-state index is 13.2. The zero-order valence-corrected chi connectivity index (χ0v) is 18.2. The highest BCUT2D eigenvalue weighted by Gasteiger charge is 2.46. The van der Waals surface area contributed by atoms with Gasteiger partial charge in [-0.15, -0.1) is 0 Å². The van der Waals surface area contributed by atoms with E-state index in [0.717, 1.165) is 35.4 Å². The van der Waals surface area contributed by atoms with Crippen LogP contribution in [0.1, 0.15) is 64.6 Å². The third kappa shape index (κ3) is 2.74. The van der Waals surface area contributed by atoms with Crippen molar-refractivity contribution in [2.75, 3.05) is 7.05 Å². The van der Waals surface area contributed by atoms with Crippen molar-refractivity contribution in [3.63, 3.8) is 0 Å². The largest absolute Gasteiger partial charge is 0.434 e. The van der Waals surface area contributed by atoms with Crippen LogP contribution in [-0.4, -0.2) is 48.6 Å². The molecule has 3 aromatic heterocycles. The topological polar surface area (TPSA) is 77.6 Å². The van der Waals surface area contributed by atoms with Gasteiger partial charge in [0.25, 0.3) is 5.91 Å². The summed E-state index contributed by atoms with van der Waals surface area (Å²) in [6, 6.07) is 4.95. The second kappa shape index (κ2) is 6.85. The number of aromatic nitrogens is 5. The molecule has 1 aliphatic heterocycles. The number of amides is 1. The van der Waals surface area contributed by atoms with Crippen LogP contribution in [0.25, 0.3) is 16.9 Å². The van der Waals surface area contributed by atoms with E-state index >= 15 is 0 Å². The number of nitrogens with zero attached hydrogens (tertiary/aromatic N) is 6. The van der Waals surface area contributed by atoms with E-state index in [1.807, 2.05) is 27.7 Å². The molecule has 1 saturated carbocycles. The number of imidazole rings is 1. The highest BCUT2D eigenvalue weighted by atomic mass is 19.3. The second-order valence-electron chi connectivity index (χ2n) is 9.15. The molecule has 1 aromatic carbocycles. The Hall–Kier alpha value is -3.82. The van der Waals surface area contributed by atoms with E-state index < -0.39 is 6.61 Å². The Bertz CT molecular complexity index is 1470. The average Bonchev–Trinajstić information content (AvgIpc) is 3.30. The zero-order chi connectivity index (χ0) is 23.1. The Morgan fingerprint density at radius 3 is 2.76 bits per heavy atom. The van der Waals surface area contributed by atoms with Gasteiger partial charge in [0.2, 0.25) is 5.78 Å². The van der Waals surface area contributed by atoms with E-state index in [9.17, 15) is 13.6 Å². The number of fused-ring (bicyclic) bond motifs is 9. The van der Waals surface area contributed by atoms with E-state index in [2.05, 4.69) is 10.1 Å². The fourth-order valence-electron chi connectivity index (χ4n) is 5.40. The predicted molar refractivity (Wildman–Crippen MR) is 117 cm³/mol. The lowest BCUT2D eigenvalue weighted by molar-refractivity contribution is -0.0506. The summed E-state index contributed by atoms with van der Waals surface area (Å²) in [5, 5.41) is 4.48.